The lowest BCUT2D eigenvalue weighted by atomic mass is 9.92. The van der Waals surface area contributed by atoms with Crippen molar-refractivity contribution in [3.05, 3.63) is 66.5 Å². The zero-order chi connectivity index (χ0) is 26.6. The summed E-state index contributed by atoms with van der Waals surface area (Å²) in [6, 6.07) is 15.1. The van der Waals surface area contributed by atoms with E-state index in [0.29, 0.717) is 6.54 Å². The van der Waals surface area contributed by atoms with Gasteiger partial charge in [0.25, 0.3) is 5.60 Å². The Hall–Kier alpha value is -4.06. The number of fused-ring (bicyclic) bond motifs is 1. The summed E-state index contributed by atoms with van der Waals surface area (Å²) >= 11 is 0. The van der Waals surface area contributed by atoms with Gasteiger partial charge in [-0.05, 0) is 36.2 Å². The lowest BCUT2D eigenvalue weighted by Crippen LogP contribution is -2.60. The highest BCUT2D eigenvalue weighted by atomic mass is 16.5. The minimum atomic E-state index is -3.53. The first-order valence-corrected chi connectivity index (χ1v) is 11.6. The molecule has 1 aliphatic heterocycles. The second-order valence-electron chi connectivity index (χ2n) is 8.94. The Morgan fingerprint density at radius 2 is 1.95 bits per heavy atom. The van der Waals surface area contributed by atoms with Crippen LogP contribution in [0, 0.1) is 0 Å². The summed E-state index contributed by atoms with van der Waals surface area (Å²) in [6.45, 7) is 1.35. The molecule has 2 unspecified atom stereocenters. The first-order valence-electron chi connectivity index (χ1n) is 11.6. The normalized spacial score (nSPS) is 18.2. The number of carboxylic acid groups (broad SMARTS) is 2. The van der Waals surface area contributed by atoms with Crippen LogP contribution in [0.5, 0.6) is 5.75 Å². The van der Waals surface area contributed by atoms with Crippen molar-refractivity contribution in [3.8, 4) is 5.75 Å². The molecule has 5 N–H and O–H groups in total. The number of Topliss-reactive ketones (excluding diaryl/α,β-unsaturated/α-hetero) is 1. The van der Waals surface area contributed by atoms with E-state index < -0.39 is 36.0 Å². The van der Waals surface area contributed by atoms with Gasteiger partial charge >= 0.3 is 11.9 Å². The number of ether oxygens (including phenoxy) is 1. The van der Waals surface area contributed by atoms with Gasteiger partial charge in [0, 0.05) is 54.5 Å². The highest BCUT2D eigenvalue weighted by Gasteiger charge is 2.54. The zero-order valence-corrected chi connectivity index (χ0v) is 19.8. The molecule has 1 aromatic heterocycles. The SMILES string of the molecule is O=C(O)C(O)[C@](O)(C(=O)O)C(=O)COc1cccc(CN2CCC(Nc3cccc4cnccc34)C2)c1. The lowest BCUT2D eigenvalue weighted by molar-refractivity contribution is -0.187. The van der Waals surface area contributed by atoms with Crippen LogP contribution in [0.4, 0.5) is 5.69 Å². The van der Waals surface area contributed by atoms with Crippen LogP contribution in [0.1, 0.15) is 12.0 Å². The molecule has 0 saturated carbocycles. The smallest absolute Gasteiger partial charge is 0.347 e. The van der Waals surface area contributed by atoms with Crippen molar-refractivity contribution in [3.63, 3.8) is 0 Å². The molecular formula is C26H27N3O8. The first kappa shape index (κ1) is 26.0. The van der Waals surface area contributed by atoms with E-state index in [1.807, 2.05) is 36.5 Å². The highest BCUT2D eigenvalue weighted by Crippen LogP contribution is 2.26. The standard InChI is InChI=1S/C26H27N3O8/c30-22(26(36,25(34)35)23(31)24(32)33)15-37-19-5-1-3-16(11-19)13-29-10-8-18(14-29)28-21-6-2-4-17-12-27-9-7-20(17)21/h1-7,9,11-12,18,23,28,31,36H,8,10,13-15H2,(H,32,33)(H,34,35)/t18?,23?,26-/m0/s1. The maximum atomic E-state index is 12.3. The predicted molar refractivity (Wildman–Crippen MR) is 132 cm³/mol. The molecule has 0 radical (unpaired) electrons. The number of carbonyl (C=O) groups excluding carboxylic acids is 1. The summed E-state index contributed by atoms with van der Waals surface area (Å²) in [6.07, 6.45) is 1.72. The number of nitrogens with zero attached hydrogens (tertiary/aromatic N) is 2. The molecule has 2 aromatic carbocycles. The van der Waals surface area contributed by atoms with Crippen LogP contribution < -0.4 is 10.1 Å². The van der Waals surface area contributed by atoms with Crippen molar-refractivity contribution in [2.75, 3.05) is 25.0 Å². The van der Waals surface area contributed by atoms with Crippen LogP contribution in [0.2, 0.25) is 0 Å². The number of aliphatic hydroxyl groups is 2. The van der Waals surface area contributed by atoms with E-state index in [1.165, 1.54) is 0 Å². The van der Waals surface area contributed by atoms with Gasteiger partial charge in [-0.15, -0.1) is 0 Å². The Balaban J connectivity index is 1.34. The van der Waals surface area contributed by atoms with Gasteiger partial charge in [-0.1, -0.05) is 24.3 Å². The molecule has 0 bridgehead atoms. The van der Waals surface area contributed by atoms with Gasteiger partial charge in [0.1, 0.15) is 5.75 Å². The number of carboxylic acids is 2. The first-order chi connectivity index (χ1) is 17.7. The number of nitrogens with one attached hydrogen (secondary N) is 1. The van der Waals surface area contributed by atoms with E-state index in [-0.39, 0.29) is 11.8 Å². The molecule has 11 nitrogen and oxygen atoms in total. The number of aliphatic carboxylic acids is 2. The molecule has 1 aliphatic rings. The van der Waals surface area contributed by atoms with Gasteiger partial charge in [0.05, 0.1) is 0 Å². The van der Waals surface area contributed by atoms with Crippen LogP contribution in [-0.4, -0.2) is 85.5 Å². The quantitative estimate of drug-likeness (QED) is 0.235. The van der Waals surface area contributed by atoms with Gasteiger partial charge in [0.15, 0.2) is 12.7 Å². The van der Waals surface area contributed by atoms with Crippen molar-refractivity contribution >= 4 is 34.2 Å². The molecule has 0 amide bonds. The maximum Gasteiger partial charge on any atom is 0.347 e. The zero-order valence-electron chi connectivity index (χ0n) is 19.8. The van der Waals surface area contributed by atoms with Crippen LogP contribution >= 0.6 is 0 Å². The number of rotatable bonds is 11. The van der Waals surface area contributed by atoms with E-state index in [1.54, 1.807) is 24.4 Å². The van der Waals surface area contributed by atoms with E-state index in [9.17, 15) is 24.6 Å². The van der Waals surface area contributed by atoms with Crippen LogP contribution in [-0.2, 0) is 20.9 Å². The molecule has 37 heavy (non-hydrogen) atoms. The predicted octanol–water partition coefficient (Wildman–Crippen LogP) is 1.13. The van der Waals surface area contributed by atoms with E-state index >= 15 is 0 Å². The van der Waals surface area contributed by atoms with E-state index in [4.69, 9.17) is 14.9 Å². The largest absolute Gasteiger partial charge is 0.486 e. The Morgan fingerprint density at radius 1 is 1.16 bits per heavy atom. The molecule has 4 rings (SSSR count). The Morgan fingerprint density at radius 3 is 2.70 bits per heavy atom. The third kappa shape index (κ3) is 5.69. The topological polar surface area (TPSA) is 170 Å². The van der Waals surface area contributed by atoms with E-state index in [2.05, 4.69) is 15.2 Å². The molecule has 194 valence electrons. The average molecular weight is 510 g/mol. The molecule has 3 aromatic rings. The molecule has 0 aliphatic carbocycles. The number of ketones is 1. The van der Waals surface area contributed by atoms with Crippen molar-refractivity contribution < 1.29 is 39.5 Å². The van der Waals surface area contributed by atoms with E-state index in [0.717, 1.165) is 41.5 Å². The molecule has 3 atom stereocenters. The van der Waals surface area contributed by atoms with Crippen LogP contribution in [0.25, 0.3) is 10.8 Å². The van der Waals surface area contributed by atoms with Gasteiger partial charge in [-0.2, -0.15) is 0 Å². The highest BCUT2D eigenvalue weighted by molar-refractivity contribution is 6.10. The molecule has 1 fully saturated rings. The summed E-state index contributed by atoms with van der Waals surface area (Å²) in [4.78, 5) is 40.9. The van der Waals surface area contributed by atoms with Gasteiger partial charge < -0.3 is 30.5 Å². The number of pyridine rings is 1. The number of benzene rings is 2. The minimum absolute atomic E-state index is 0.238. The Kier molecular flexibility index (Phi) is 7.67. The fourth-order valence-corrected chi connectivity index (χ4v) is 4.38. The Labute approximate surface area is 211 Å². The van der Waals surface area contributed by atoms with Crippen LogP contribution in [0.15, 0.2) is 60.9 Å². The van der Waals surface area contributed by atoms with Crippen molar-refractivity contribution in [1.29, 1.82) is 0 Å². The lowest BCUT2D eigenvalue weighted by Gasteiger charge is -2.24. The number of likely N-dealkylation sites (tertiary alicyclic amines) is 1. The fraction of sp³-hybridized carbons (Fsp3) is 0.308. The summed E-state index contributed by atoms with van der Waals surface area (Å²) < 4.78 is 5.33. The summed E-state index contributed by atoms with van der Waals surface area (Å²) in [5.74, 6) is -5.47. The summed E-state index contributed by atoms with van der Waals surface area (Å²) in [5.41, 5.74) is -1.58. The molecule has 2 heterocycles. The molecule has 1 saturated heterocycles. The molecule has 11 heteroatoms. The Bertz CT molecular complexity index is 1310. The fourth-order valence-electron chi connectivity index (χ4n) is 4.38. The van der Waals surface area contributed by atoms with Gasteiger partial charge in [-0.25, -0.2) is 9.59 Å². The van der Waals surface area contributed by atoms with Crippen molar-refractivity contribution in [1.82, 2.24) is 9.88 Å². The average Bonchev–Trinajstić information content (AvgIpc) is 3.33. The summed E-state index contributed by atoms with van der Waals surface area (Å²) in [5, 5.41) is 43.3. The third-order valence-corrected chi connectivity index (χ3v) is 6.37. The molecule has 0 spiro atoms. The number of hydrogen-bond acceptors (Lipinski definition) is 9. The number of carbonyl (C=O) groups is 3. The maximum absolute atomic E-state index is 12.3. The second-order valence-corrected chi connectivity index (χ2v) is 8.94. The van der Waals surface area contributed by atoms with Crippen molar-refractivity contribution in [2.45, 2.75) is 30.7 Å². The van der Waals surface area contributed by atoms with Crippen LogP contribution in [0.3, 0.4) is 0 Å². The van der Waals surface area contributed by atoms with Gasteiger partial charge in [0.2, 0.25) is 5.78 Å². The monoisotopic (exact) mass is 509 g/mol. The number of aliphatic hydroxyl groups excluding tert-OH is 1. The molecular weight excluding hydrogens is 482 g/mol. The minimum Gasteiger partial charge on any atom is -0.486 e. The van der Waals surface area contributed by atoms with Gasteiger partial charge in [-0.3, -0.25) is 14.7 Å². The number of aromatic nitrogens is 1. The second kappa shape index (κ2) is 10.9. The third-order valence-electron chi connectivity index (χ3n) is 6.37. The number of anilines is 1. The number of hydrogen-bond donors (Lipinski definition) is 5. The summed E-state index contributed by atoms with van der Waals surface area (Å²) in [7, 11) is 0. The van der Waals surface area contributed by atoms with Crippen molar-refractivity contribution in [2.24, 2.45) is 0 Å².